The van der Waals surface area contributed by atoms with Crippen molar-refractivity contribution in [2.75, 3.05) is 11.9 Å². The van der Waals surface area contributed by atoms with E-state index in [9.17, 15) is 14.9 Å². The van der Waals surface area contributed by atoms with Gasteiger partial charge in [-0.25, -0.2) is 0 Å². The smallest absolute Gasteiger partial charge is 0.289 e. The quantitative estimate of drug-likeness (QED) is 0.460. The van der Waals surface area contributed by atoms with Gasteiger partial charge in [0.05, 0.1) is 4.92 Å². The van der Waals surface area contributed by atoms with Crippen molar-refractivity contribution in [3.63, 3.8) is 0 Å². The number of rotatable bonds is 7. The van der Waals surface area contributed by atoms with Crippen molar-refractivity contribution in [3.05, 3.63) is 33.3 Å². The third-order valence-corrected chi connectivity index (χ3v) is 2.88. The van der Waals surface area contributed by atoms with E-state index in [1.54, 1.807) is 6.07 Å². The van der Waals surface area contributed by atoms with Crippen molar-refractivity contribution in [2.24, 2.45) is 0 Å². The average molecular weight is 300 g/mol. The summed E-state index contributed by atoms with van der Waals surface area (Å²) in [6, 6.07) is 4.58. The minimum absolute atomic E-state index is 0.0501. The molecule has 6 nitrogen and oxygen atoms in total. The minimum atomic E-state index is -0.579. The molecule has 0 fully saturated rings. The first-order chi connectivity index (χ1) is 9.40. The van der Waals surface area contributed by atoms with Gasteiger partial charge in [0.15, 0.2) is 0 Å². The van der Waals surface area contributed by atoms with Crippen LogP contribution >= 0.6 is 11.6 Å². The lowest BCUT2D eigenvalue weighted by molar-refractivity contribution is -0.384. The van der Waals surface area contributed by atoms with Crippen molar-refractivity contribution in [1.82, 2.24) is 5.32 Å². The Morgan fingerprint density at radius 3 is 2.75 bits per heavy atom. The van der Waals surface area contributed by atoms with E-state index in [1.807, 2.05) is 13.8 Å². The first-order valence-electron chi connectivity index (χ1n) is 6.37. The molecule has 0 aromatic heterocycles. The van der Waals surface area contributed by atoms with Crippen LogP contribution in [0.15, 0.2) is 18.2 Å². The molecule has 0 heterocycles. The zero-order valence-corrected chi connectivity index (χ0v) is 12.2. The second-order valence-corrected chi connectivity index (χ2v) is 5.09. The monoisotopic (exact) mass is 299 g/mol. The molecule has 1 rings (SSSR count). The number of nitro benzene ring substituents is 1. The van der Waals surface area contributed by atoms with Gasteiger partial charge in [0.2, 0.25) is 5.91 Å². The largest absolute Gasteiger partial charge is 0.326 e. The molecule has 0 aliphatic carbocycles. The summed E-state index contributed by atoms with van der Waals surface area (Å²) in [6.07, 6.45) is 1.07. The van der Waals surface area contributed by atoms with Crippen LogP contribution in [0.4, 0.5) is 11.4 Å². The molecular formula is C13H18ClN3O3. The van der Waals surface area contributed by atoms with Gasteiger partial charge in [0, 0.05) is 24.2 Å². The number of halogens is 1. The molecule has 20 heavy (non-hydrogen) atoms. The second kappa shape index (κ2) is 7.81. The van der Waals surface area contributed by atoms with Crippen LogP contribution in [0, 0.1) is 10.1 Å². The van der Waals surface area contributed by atoms with Gasteiger partial charge in [-0.05, 0) is 25.1 Å². The lowest BCUT2D eigenvalue weighted by atomic mass is 10.2. The number of anilines is 1. The summed E-state index contributed by atoms with van der Waals surface area (Å²) in [5, 5.41) is 16.6. The van der Waals surface area contributed by atoms with Gasteiger partial charge in [-0.1, -0.05) is 25.4 Å². The van der Waals surface area contributed by atoms with E-state index >= 15 is 0 Å². The summed E-state index contributed by atoms with van der Waals surface area (Å²) < 4.78 is 0. The Morgan fingerprint density at radius 1 is 1.45 bits per heavy atom. The lowest BCUT2D eigenvalue weighted by Crippen LogP contribution is -2.24. The van der Waals surface area contributed by atoms with Crippen molar-refractivity contribution in [2.45, 2.75) is 32.7 Å². The minimum Gasteiger partial charge on any atom is -0.326 e. The highest BCUT2D eigenvalue weighted by Crippen LogP contribution is 2.27. The molecule has 0 aliphatic rings. The summed E-state index contributed by atoms with van der Waals surface area (Å²) in [5.74, 6) is -0.174. The van der Waals surface area contributed by atoms with Crippen LogP contribution in [0.5, 0.6) is 0 Å². The number of nitro groups is 1. The molecular weight excluding hydrogens is 282 g/mol. The van der Waals surface area contributed by atoms with Crippen LogP contribution in [0.25, 0.3) is 0 Å². The number of nitrogens with one attached hydrogen (secondary N) is 2. The normalized spacial score (nSPS) is 10.6. The topological polar surface area (TPSA) is 84.3 Å². The molecule has 0 radical (unpaired) electrons. The van der Waals surface area contributed by atoms with Crippen molar-refractivity contribution < 1.29 is 9.72 Å². The zero-order chi connectivity index (χ0) is 15.1. The van der Waals surface area contributed by atoms with Crippen LogP contribution in [0.1, 0.15) is 26.7 Å². The molecule has 1 aromatic rings. The molecule has 0 saturated heterocycles. The molecule has 0 bridgehead atoms. The number of hydrogen-bond donors (Lipinski definition) is 2. The second-order valence-electron chi connectivity index (χ2n) is 4.68. The molecule has 0 saturated carbocycles. The Bertz CT molecular complexity index is 492. The predicted octanol–water partition coefficient (Wildman–Crippen LogP) is 2.96. The van der Waals surface area contributed by atoms with Crippen LogP contribution < -0.4 is 10.6 Å². The van der Waals surface area contributed by atoms with Gasteiger partial charge < -0.3 is 10.6 Å². The van der Waals surface area contributed by atoms with E-state index in [1.165, 1.54) is 12.1 Å². The molecule has 2 N–H and O–H groups in total. The first kappa shape index (κ1) is 16.4. The van der Waals surface area contributed by atoms with Crippen molar-refractivity contribution in [3.8, 4) is 0 Å². The van der Waals surface area contributed by atoms with E-state index in [2.05, 4.69) is 10.6 Å². The molecule has 7 heteroatoms. The summed E-state index contributed by atoms with van der Waals surface area (Å²) in [7, 11) is 0. The maximum atomic E-state index is 11.7. The number of carbonyl (C=O) groups is 1. The number of nitrogens with zero attached hydrogens (tertiary/aromatic N) is 1. The van der Waals surface area contributed by atoms with E-state index < -0.39 is 4.92 Å². The standard InChI is InChI=1S/C13H18ClN3O3/c1-9(2)15-7-3-4-13(18)16-10-5-6-11(14)12(8-10)17(19)20/h5-6,8-9,15H,3-4,7H2,1-2H3,(H,16,18). The number of hydrogen-bond acceptors (Lipinski definition) is 4. The Labute approximate surface area is 122 Å². The van der Waals surface area contributed by atoms with Crippen molar-refractivity contribution in [1.29, 1.82) is 0 Å². The molecule has 0 aliphatic heterocycles. The molecule has 0 unspecified atom stereocenters. The van der Waals surface area contributed by atoms with Gasteiger partial charge in [0.25, 0.3) is 5.69 Å². The fourth-order valence-electron chi connectivity index (χ4n) is 1.59. The highest BCUT2D eigenvalue weighted by atomic mass is 35.5. The maximum Gasteiger partial charge on any atom is 0.289 e. The van der Waals surface area contributed by atoms with E-state index in [0.717, 1.165) is 6.54 Å². The zero-order valence-electron chi connectivity index (χ0n) is 11.5. The average Bonchev–Trinajstić information content (AvgIpc) is 2.36. The fraction of sp³-hybridized carbons (Fsp3) is 0.462. The molecule has 110 valence electrons. The van der Waals surface area contributed by atoms with E-state index in [4.69, 9.17) is 11.6 Å². The first-order valence-corrected chi connectivity index (χ1v) is 6.75. The van der Waals surface area contributed by atoms with Crippen LogP contribution in [-0.2, 0) is 4.79 Å². The Balaban J connectivity index is 2.50. The Kier molecular flexibility index (Phi) is 6.41. The van der Waals surface area contributed by atoms with Gasteiger partial charge in [-0.2, -0.15) is 0 Å². The third kappa shape index (κ3) is 5.54. The van der Waals surface area contributed by atoms with Gasteiger partial charge in [0.1, 0.15) is 5.02 Å². The highest BCUT2D eigenvalue weighted by Gasteiger charge is 2.13. The summed E-state index contributed by atoms with van der Waals surface area (Å²) in [6.45, 7) is 4.83. The summed E-state index contributed by atoms with van der Waals surface area (Å²) in [5.41, 5.74) is 0.161. The summed E-state index contributed by atoms with van der Waals surface area (Å²) in [4.78, 5) is 21.8. The SMILES string of the molecule is CC(C)NCCCC(=O)Nc1ccc(Cl)c([N+](=O)[O-])c1. The molecule has 0 atom stereocenters. The molecule has 0 spiro atoms. The number of carbonyl (C=O) groups excluding carboxylic acids is 1. The van der Waals surface area contributed by atoms with Gasteiger partial charge in [-0.15, -0.1) is 0 Å². The summed E-state index contributed by atoms with van der Waals surface area (Å²) >= 11 is 5.70. The molecule has 1 amide bonds. The lowest BCUT2D eigenvalue weighted by Gasteiger charge is -2.08. The van der Waals surface area contributed by atoms with E-state index in [-0.39, 0.29) is 16.6 Å². The number of benzene rings is 1. The highest BCUT2D eigenvalue weighted by molar-refractivity contribution is 6.32. The number of amides is 1. The fourth-order valence-corrected chi connectivity index (χ4v) is 1.78. The van der Waals surface area contributed by atoms with Crippen LogP contribution in [-0.4, -0.2) is 23.4 Å². The van der Waals surface area contributed by atoms with Gasteiger partial charge in [-0.3, -0.25) is 14.9 Å². The van der Waals surface area contributed by atoms with Crippen LogP contribution in [0.3, 0.4) is 0 Å². The maximum absolute atomic E-state index is 11.7. The Morgan fingerprint density at radius 2 is 2.15 bits per heavy atom. The predicted molar refractivity (Wildman–Crippen MR) is 79.1 cm³/mol. The van der Waals surface area contributed by atoms with Gasteiger partial charge >= 0.3 is 0 Å². The Hall–Kier alpha value is -1.66. The molecule has 1 aromatic carbocycles. The van der Waals surface area contributed by atoms with Crippen LogP contribution in [0.2, 0.25) is 5.02 Å². The van der Waals surface area contributed by atoms with Crippen molar-refractivity contribution >= 4 is 28.9 Å². The third-order valence-electron chi connectivity index (χ3n) is 2.56. The van der Waals surface area contributed by atoms with E-state index in [0.29, 0.717) is 24.6 Å².